The van der Waals surface area contributed by atoms with E-state index in [0.29, 0.717) is 15.6 Å². The van der Waals surface area contributed by atoms with Crippen molar-refractivity contribution in [3.63, 3.8) is 0 Å². The molecule has 0 atom stereocenters. The highest BCUT2D eigenvalue weighted by atomic mass is 35.5. The number of ether oxygens (including phenoxy) is 1. The average Bonchev–Trinajstić information content (AvgIpc) is 2.63. The molecule has 0 aliphatic carbocycles. The smallest absolute Gasteiger partial charge is 0.283 e. The first-order valence-corrected chi connectivity index (χ1v) is 8.05. The van der Waals surface area contributed by atoms with Gasteiger partial charge in [-0.05, 0) is 29.8 Å². The highest BCUT2D eigenvalue weighted by molar-refractivity contribution is 6.30. The number of carbonyl (C=O) groups excluding carboxylic acids is 1. The van der Waals surface area contributed by atoms with Gasteiger partial charge in [0.2, 0.25) is 0 Å². The maximum atomic E-state index is 12.3. The number of morpholine rings is 1. The van der Waals surface area contributed by atoms with Crippen molar-refractivity contribution >= 4 is 23.3 Å². The van der Waals surface area contributed by atoms with Crippen LogP contribution in [-0.2, 0) is 11.3 Å². The van der Waals surface area contributed by atoms with Gasteiger partial charge in [-0.25, -0.2) is 4.98 Å². The van der Waals surface area contributed by atoms with Crippen LogP contribution >= 0.6 is 11.6 Å². The zero-order valence-corrected chi connectivity index (χ0v) is 13.8. The minimum absolute atomic E-state index is 0.127. The number of anilines is 1. The Balaban J connectivity index is 1.65. The lowest BCUT2D eigenvalue weighted by Crippen LogP contribution is -2.35. The molecule has 3 rings (SSSR count). The molecule has 7 heteroatoms. The third-order valence-corrected chi connectivity index (χ3v) is 4.06. The predicted octanol–water partition coefficient (Wildman–Crippen LogP) is 2.60. The van der Waals surface area contributed by atoms with Gasteiger partial charge in [-0.15, -0.1) is 0 Å². The van der Waals surface area contributed by atoms with Crippen LogP contribution in [0.3, 0.4) is 0 Å². The van der Waals surface area contributed by atoms with Crippen molar-refractivity contribution in [2.24, 2.45) is 0 Å². The zero-order chi connectivity index (χ0) is 16.9. The molecule has 1 aromatic carbocycles. The Hall–Kier alpha value is -1.99. The number of hydrogen-bond donors (Lipinski definition) is 1. The fourth-order valence-electron chi connectivity index (χ4n) is 2.49. The van der Waals surface area contributed by atoms with E-state index in [2.05, 4.69) is 9.88 Å². The molecule has 2 heterocycles. The third-order valence-electron chi connectivity index (χ3n) is 3.83. The molecule has 1 fully saturated rings. The Morgan fingerprint density at radius 3 is 2.54 bits per heavy atom. The molecule has 6 nitrogen and oxygen atoms in total. The quantitative estimate of drug-likeness (QED) is 0.680. The number of halogens is 1. The van der Waals surface area contributed by atoms with Crippen LogP contribution in [0, 0.1) is 0 Å². The molecule has 0 bridgehead atoms. The molecule has 1 aliphatic rings. The van der Waals surface area contributed by atoms with Crippen LogP contribution in [-0.4, -0.2) is 47.3 Å². The molecular formula is C17H18ClN3O3. The summed E-state index contributed by atoms with van der Waals surface area (Å²) in [6.07, 6.45) is 1.37. The number of rotatable bonds is 4. The van der Waals surface area contributed by atoms with Crippen LogP contribution in [0.1, 0.15) is 15.9 Å². The molecule has 0 spiro atoms. The van der Waals surface area contributed by atoms with Crippen molar-refractivity contribution in [1.82, 2.24) is 9.88 Å². The summed E-state index contributed by atoms with van der Waals surface area (Å²) in [4.78, 5) is 18.5. The minimum atomic E-state index is -0.539. The first-order valence-electron chi connectivity index (χ1n) is 7.67. The van der Waals surface area contributed by atoms with Crippen LogP contribution in [0.4, 0.5) is 5.82 Å². The number of carbonyl (C=O) groups is 1. The van der Waals surface area contributed by atoms with Gasteiger partial charge in [0.25, 0.3) is 5.91 Å². The lowest BCUT2D eigenvalue weighted by atomic mass is 10.1. The Kier molecular flexibility index (Phi) is 5.42. The van der Waals surface area contributed by atoms with Gasteiger partial charge in [0, 0.05) is 31.4 Å². The van der Waals surface area contributed by atoms with Crippen molar-refractivity contribution in [3.8, 4) is 0 Å². The molecule has 1 N–H and O–H groups in total. The van der Waals surface area contributed by atoms with Crippen LogP contribution in [0.2, 0.25) is 5.02 Å². The first kappa shape index (κ1) is 16.9. The lowest BCUT2D eigenvalue weighted by molar-refractivity contribution is 0.0342. The van der Waals surface area contributed by atoms with Crippen molar-refractivity contribution in [1.29, 1.82) is 0 Å². The SMILES string of the molecule is O=C(c1ccc(CN2CCOCC2)cc1)N(O)c1ccc(Cl)cn1. The number of benzene rings is 1. The summed E-state index contributed by atoms with van der Waals surface area (Å²) in [7, 11) is 0. The number of hydrogen-bond acceptors (Lipinski definition) is 5. The fraction of sp³-hybridized carbons (Fsp3) is 0.294. The lowest BCUT2D eigenvalue weighted by Gasteiger charge is -2.26. The van der Waals surface area contributed by atoms with Gasteiger partial charge >= 0.3 is 0 Å². The van der Waals surface area contributed by atoms with Crippen LogP contribution in [0.25, 0.3) is 0 Å². The predicted molar refractivity (Wildman–Crippen MR) is 90.4 cm³/mol. The second kappa shape index (κ2) is 7.72. The normalized spacial score (nSPS) is 15.2. The van der Waals surface area contributed by atoms with Crippen LogP contribution in [0.5, 0.6) is 0 Å². The molecule has 1 saturated heterocycles. The molecule has 0 radical (unpaired) electrons. The van der Waals surface area contributed by atoms with Gasteiger partial charge in [0.1, 0.15) is 0 Å². The topological polar surface area (TPSA) is 65.9 Å². The van der Waals surface area contributed by atoms with Gasteiger partial charge < -0.3 is 4.74 Å². The molecule has 1 amide bonds. The van der Waals surface area contributed by atoms with Gasteiger partial charge in [-0.3, -0.25) is 14.9 Å². The summed E-state index contributed by atoms with van der Waals surface area (Å²) in [6, 6.07) is 10.2. The van der Waals surface area contributed by atoms with E-state index in [1.807, 2.05) is 12.1 Å². The zero-order valence-electron chi connectivity index (χ0n) is 13.1. The monoisotopic (exact) mass is 347 g/mol. The number of pyridine rings is 1. The molecule has 1 aromatic heterocycles. The summed E-state index contributed by atoms with van der Waals surface area (Å²) >= 11 is 5.75. The van der Waals surface area contributed by atoms with Crippen molar-refractivity contribution in [2.45, 2.75) is 6.54 Å². The van der Waals surface area contributed by atoms with E-state index in [1.54, 1.807) is 18.2 Å². The number of aromatic nitrogens is 1. The largest absolute Gasteiger partial charge is 0.379 e. The van der Waals surface area contributed by atoms with E-state index >= 15 is 0 Å². The number of nitrogens with zero attached hydrogens (tertiary/aromatic N) is 3. The van der Waals surface area contributed by atoms with E-state index < -0.39 is 5.91 Å². The highest BCUT2D eigenvalue weighted by Crippen LogP contribution is 2.16. The Morgan fingerprint density at radius 2 is 1.92 bits per heavy atom. The summed E-state index contributed by atoms with van der Waals surface area (Å²) in [5, 5.41) is 11.0. The van der Waals surface area contributed by atoms with Gasteiger partial charge in [0.15, 0.2) is 5.82 Å². The molecular weight excluding hydrogens is 330 g/mol. The second-order valence-corrected chi connectivity index (χ2v) is 5.97. The average molecular weight is 348 g/mol. The van der Waals surface area contributed by atoms with Gasteiger partial charge in [-0.1, -0.05) is 23.7 Å². The maximum Gasteiger partial charge on any atom is 0.283 e. The van der Waals surface area contributed by atoms with E-state index in [0.717, 1.165) is 38.4 Å². The molecule has 0 unspecified atom stereocenters. The van der Waals surface area contributed by atoms with Crippen LogP contribution in [0.15, 0.2) is 42.6 Å². The Bertz CT molecular complexity index is 685. The Morgan fingerprint density at radius 1 is 1.21 bits per heavy atom. The third kappa shape index (κ3) is 4.10. The summed E-state index contributed by atoms with van der Waals surface area (Å²) in [5.41, 5.74) is 1.50. The van der Waals surface area contributed by atoms with E-state index in [1.165, 1.54) is 12.3 Å². The Labute approximate surface area is 145 Å². The summed E-state index contributed by atoms with van der Waals surface area (Å²) in [5.74, 6) is -0.412. The first-order chi connectivity index (χ1) is 11.6. The molecule has 2 aromatic rings. The van der Waals surface area contributed by atoms with E-state index in [9.17, 15) is 10.0 Å². The highest BCUT2D eigenvalue weighted by Gasteiger charge is 2.17. The van der Waals surface area contributed by atoms with Crippen LogP contribution < -0.4 is 5.06 Å². The summed E-state index contributed by atoms with van der Waals surface area (Å²) in [6.45, 7) is 4.15. The molecule has 126 valence electrons. The summed E-state index contributed by atoms with van der Waals surface area (Å²) < 4.78 is 5.33. The van der Waals surface area contributed by atoms with E-state index in [4.69, 9.17) is 16.3 Å². The second-order valence-electron chi connectivity index (χ2n) is 5.54. The van der Waals surface area contributed by atoms with Gasteiger partial charge in [-0.2, -0.15) is 5.06 Å². The molecule has 24 heavy (non-hydrogen) atoms. The fourth-order valence-corrected chi connectivity index (χ4v) is 2.60. The number of hydroxylamine groups is 1. The van der Waals surface area contributed by atoms with Gasteiger partial charge in [0.05, 0.1) is 18.2 Å². The molecule has 1 aliphatic heterocycles. The molecule has 0 saturated carbocycles. The van der Waals surface area contributed by atoms with Crippen molar-refractivity contribution in [3.05, 3.63) is 58.7 Å². The number of amides is 1. The minimum Gasteiger partial charge on any atom is -0.379 e. The standard InChI is InChI=1S/C17H18ClN3O3/c18-15-5-6-16(19-11-15)21(23)17(22)14-3-1-13(2-4-14)12-20-7-9-24-10-8-20/h1-6,11,23H,7-10,12H2. The maximum absolute atomic E-state index is 12.3. The van der Waals surface area contributed by atoms with Crippen molar-refractivity contribution < 1.29 is 14.7 Å². The van der Waals surface area contributed by atoms with Crippen molar-refractivity contribution in [2.75, 3.05) is 31.4 Å². The van der Waals surface area contributed by atoms with E-state index in [-0.39, 0.29) is 5.82 Å².